The van der Waals surface area contributed by atoms with E-state index >= 15 is 0 Å². The van der Waals surface area contributed by atoms with Crippen molar-refractivity contribution < 1.29 is 0 Å². The highest BCUT2D eigenvalue weighted by Gasteiger charge is 2.25. The summed E-state index contributed by atoms with van der Waals surface area (Å²) in [6, 6.07) is 9.29. The molecule has 0 radical (unpaired) electrons. The fourth-order valence-corrected chi connectivity index (χ4v) is 4.46. The highest BCUT2D eigenvalue weighted by molar-refractivity contribution is 5.24. The van der Waals surface area contributed by atoms with Crippen LogP contribution in [0.25, 0.3) is 0 Å². The largest absolute Gasteiger partial charge is 0.0590 e. The van der Waals surface area contributed by atoms with Crippen molar-refractivity contribution in [2.45, 2.75) is 77.0 Å². The zero-order valence-electron chi connectivity index (χ0n) is 13.1. The quantitative estimate of drug-likeness (QED) is 0.610. The van der Waals surface area contributed by atoms with Gasteiger partial charge in [0.15, 0.2) is 0 Å². The van der Waals surface area contributed by atoms with Gasteiger partial charge >= 0.3 is 0 Å². The first-order valence-electron chi connectivity index (χ1n) is 8.88. The van der Waals surface area contributed by atoms with Crippen LogP contribution in [0.1, 0.15) is 81.3 Å². The van der Waals surface area contributed by atoms with E-state index in [0.29, 0.717) is 0 Å². The molecule has 0 nitrogen and oxygen atoms in total. The molecular formula is C20H30. The smallest absolute Gasteiger partial charge is 0.0162 e. The van der Waals surface area contributed by atoms with E-state index in [1.165, 1.54) is 63.4 Å². The van der Waals surface area contributed by atoms with Gasteiger partial charge in [0.2, 0.25) is 0 Å². The van der Waals surface area contributed by atoms with Crippen LogP contribution in [0.3, 0.4) is 0 Å². The van der Waals surface area contributed by atoms with Gasteiger partial charge in [-0.3, -0.25) is 0 Å². The fourth-order valence-electron chi connectivity index (χ4n) is 4.46. The molecule has 1 aromatic rings. The molecule has 0 N–H and O–H groups in total. The molecule has 0 aromatic heterocycles. The molecule has 0 atom stereocenters. The van der Waals surface area contributed by atoms with Gasteiger partial charge in [-0.15, -0.1) is 0 Å². The molecule has 0 unspecified atom stereocenters. The van der Waals surface area contributed by atoms with Gasteiger partial charge in [-0.2, -0.15) is 0 Å². The molecular weight excluding hydrogens is 240 g/mol. The first kappa shape index (κ1) is 14.2. The Hall–Kier alpha value is -0.780. The number of hydrogen-bond donors (Lipinski definition) is 0. The van der Waals surface area contributed by atoms with Gasteiger partial charge in [0, 0.05) is 0 Å². The summed E-state index contributed by atoms with van der Waals surface area (Å²) < 4.78 is 0. The maximum Gasteiger partial charge on any atom is -0.0162 e. The molecule has 2 aliphatic carbocycles. The molecule has 0 bridgehead atoms. The van der Waals surface area contributed by atoms with E-state index in [1.54, 1.807) is 12.0 Å². The Morgan fingerprint density at radius 2 is 1.35 bits per heavy atom. The van der Waals surface area contributed by atoms with Crippen molar-refractivity contribution in [3.63, 3.8) is 0 Å². The van der Waals surface area contributed by atoms with E-state index in [9.17, 15) is 0 Å². The van der Waals surface area contributed by atoms with Gasteiger partial charge < -0.3 is 0 Å². The Bertz CT molecular complexity index is 389. The zero-order valence-corrected chi connectivity index (χ0v) is 13.1. The lowest BCUT2D eigenvalue weighted by Crippen LogP contribution is -2.18. The Balaban J connectivity index is 1.47. The third-order valence-electron chi connectivity index (χ3n) is 5.79. The minimum absolute atomic E-state index is 0.846. The van der Waals surface area contributed by atoms with Crippen molar-refractivity contribution in [2.75, 3.05) is 0 Å². The number of benzene rings is 1. The van der Waals surface area contributed by atoms with Crippen LogP contribution in [0.4, 0.5) is 0 Å². The molecule has 1 aromatic carbocycles. The van der Waals surface area contributed by atoms with Gasteiger partial charge in [-0.25, -0.2) is 0 Å². The lowest BCUT2D eigenvalue weighted by molar-refractivity contribution is 0.233. The molecule has 0 heteroatoms. The van der Waals surface area contributed by atoms with Crippen LogP contribution < -0.4 is 0 Å². The van der Waals surface area contributed by atoms with Gasteiger partial charge in [0.25, 0.3) is 0 Å². The molecule has 20 heavy (non-hydrogen) atoms. The first-order valence-corrected chi connectivity index (χ1v) is 8.88. The lowest BCUT2D eigenvalue weighted by Gasteiger charge is -2.32. The maximum absolute atomic E-state index is 2.36. The number of hydrogen-bond acceptors (Lipinski definition) is 0. The van der Waals surface area contributed by atoms with Crippen LogP contribution in [0.2, 0.25) is 0 Å². The lowest BCUT2D eigenvalue weighted by atomic mass is 9.73. The minimum Gasteiger partial charge on any atom is -0.0590 e. The zero-order chi connectivity index (χ0) is 13.8. The van der Waals surface area contributed by atoms with Gasteiger partial charge in [0.1, 0.15) is 0 Å². The first-order chi connectivity index (χ1) is 9.81. The van der Waals surface area contributed by atoms with Crippen LogP contribution in [-0.2, 0) is 0 Å². The van der Waals surface area contributed by atoms with Crippen molar-refractivity contribution in [3.8, 4) is 0 Å². The average Bonchev–Trinajstić information content (AvgIpc) is 2.50. The van der Waals surface area contributed by atoms with Crippen LogP contribution >= 0.6 is 0 Å². The standard InChI is InChI=1S/C20H30/c1-16-7-11-19(12-8-16)20-13-9-18(10-14-20)15-17-5-3-2-4-6-17/h7-8,11-12,17-18,20H,2-6,9-10,13-15H2,1H3. The van der Waals surface area contributed by atoms with Crippen molar-refractivity contribution in [1.82, 2.24) is 0 Å². The van der Waals surface area contributed by atoms with Gasteiger partial charge in [0.05, 0.1) is 0 Å². The Kier molecular flexibility index (Phi) is 4.81. The molecule has 2 saturated carbocycles. The molecule has 0 saturated heterocycles. The highest BCUT2D eigenvalue weighted by Crippen LogP contribution is 2.40. The third kappa shape index (κ3) is 3.65. The van der Waals surface area contributed by atoms with Gasteiger partial charge in [-0.1, -0.05) is 61.9 Å². The molecule has 2 fully saturated rings. The summed E-state index contributed by atoms with van der Waals surface area (Å²) >= 11 is 0. The summed E-state index contributed by atoms with van der Waals surface area (Å²) in [7, 11) is 0. The second kappa shape index (κ2) is 6.78. The molecule has 3 rings (SSSR count). The minimum atomic E-state index is 0.846. The third-order valence-corrected chi connectivity index (χ3v) is 5.79. The summed E-state index contributed by atoms with van der Waals surface area (Å²) in [4.78, 5) is 0. The summed E-state index contributed by atoms with van der Waals surface area (Å²) in [5, 5.41) is 0. The van der Waals surface area contributed by atoms with E-state index < -0.39 is 0 Å². The molecule has 0 spiro atoms. The number of aryl methyl sites for hydroxylation is 1. The average molecular weight is 270 g/mol. The van der Waals surface area contributed by atoms with E-state index in [0.717, 1.165) is 17.8 Å². The van der Waals surface area contributed by atoms with E-state index in [4.69, 9.17) is 0 Å². The van der Waals surface area contributed by atoms with Crippen LogP contribution in [0.15, 0.2) is 24.3 Å². The van der Waals surface area contributed by atoms with E-state index in [2.05, 4.69) is 31.2 Å². The van der Waals surface area contributed by atoms with Crippen molar-refractivity contribution in [2.24, 2.45) is 11.8 Å². The van der Waals surface area contributed by atoms with Crippen LogP contribution in [0, 0.1) is 18.8 Å². The Labute approximate surface area is 125 Å². The monoisotopic (exact) mass is 270 g/mol. The summed E-state index contributed by atoms with van der Waals surface area (Å²) in [5.41, 5.74) is 2.98. The summed E-state index contributed by atoms with van der Waals surface area (Å²) in [6.45, 7) is 2.19. The SMILES string of the molecule is Cc1ccc(C2CCC(CC3CCCCC3)CC2)cc1. The van der Waals surface area contributed by atoms with Crippen molar-refractivity contribution in [1.29, 1.82) is 0 Å². The summed E-state index contributed by atoms with van der Waals surface area (Å²) in [5.74, 6) is 2.96. The molecule has 0 heterocycles. The Morgan fingerprint density at radius 1 is 0.750 bits per heavy atom. The van der Waals surface area contributed by atoms with Gasteiger partial charge in [-0.05, 0) is 62.3 Å². The molecule has 2 aliphatic rings. The molecule has 0 amide bonds. The normalized spacial score (nSPS) is 28.4. The maximum atomic E-state index is 2.36. The highest BCUT2D eigenvalue weighted by atomic mass is 14.3. The second-order valence-electron chi connectivity index (χ2n) is 7.37. The summed E-state index contributed by atoms with van der Waals surface area (Å²) in [6.07, 6.45) is 14.9. The fraction of sp³-hybridized carbons (Fsp3) is 0.700. The topological polar surface area (TPSA) is 0 Å². The van der Waals surface area contributed by atoms with E-state index in [1.807, 2.05) is 0 Å². The number of rotatable bonds is 3. The van der Waals surface area contributed by atoms with Crippen molar-refractivity contribution >= 4 is 0 Å². The predicted octanol–water partition coefficient (Wildman–Crippen LogP) is 6.24. The van der Waals surface area contributed by atoms with Crippen LogP contribution in [-0.4, -0.2) is 0 Å². The molecule has 0 aliphatic heterocycles. The Morgan fingerprint density at radius 3 is 2.00 bits per heavy atom. The second-order valence-corrected chi connectivity index (χ2v) is 7.37. The van der Waals surface area contributed by atoms with Crippen molar-refractivity contribution in [3.05, 3.63) is 35.4 Å². The predicted molar refractivity (Wildman–Crippen MR) is 87.1 cm³/mol. The molecule has 110 valence electrons. The van der Waals surface area contributed by atoms with Crippen LogP contribution in [0.5, 0.6) is 0 Å². The van der Waals surface area contributed by atoms with E-state index in [-0.39, 0.29) is 0 Å².